The molecule has 1 spiro atoms. The van der Waals surface area contributed by atoms with Crippen molar-refractivity contribution in [2.24, 2.45) is 5.41 Å². The summed E-state index contributed by atoms with van der Waals surface area (Å²) in [6, 6.07) is 6.42. The summed E-state index contributed by atoms with van der Waals surface area (Å²) in [6.45, 7) is 3.46. The molecule has 1 aliphatic heterocycles. The number of likely N-dealkylation sites (tertiary alicyclic amines) is 1. The number of aromatic nitrogens is 5. The quantitative estimate of drug-likeness (QED) is 0.499. The number of anilines is 1. The van der Waals surface area contributed by atoms with E-state index in [-0.39, 0.29) is 5.91 Å². The molecule has 33 heavy (non-hydrogen) atoms. The molecule has 1 amide bonds. The summed E-state index contributed by atoms with van der Waals surface area (Å²) >= 11 is 0. The first-order valence-electron chi connectivity index (χ1n) is 11.4. The normalized spacial score (nSPS) is 18.1. The Morgan fingerprint density at radius 3 is 2.82 bits per heavy atom. The average molecular weight is 446 g/mol. The molecule has 0 radical (unpaired) electrons. The van der Waals surface area contributed by atoms with Crippen LogP contribution in [0, 0.1) is 5.41 Å². The van der Waals surface area contributed by atoms with E-state index in [2.05, 4.69) is 21.5 Å². The van der Waals surface area contributed by atoms with Gasteiger partial charge in [0.05, 0.1) is 18.0 Å². The van der Waals surface area contributed by atoms with Gasteiger partial charge in [-0.3, -0.25) is 4.79 Å². The minimum atomic E-state index is 0.185. The lowest BCUT2D eigenvalue weighted by atomic mass is 9.67. The van der Waals surface area contributed by atoms with E-state index in [4.69, 9.17) is 14.7 Å². The minimum absolute atomic E-state index is 0.185. The number of rotatable bonds is 4. The van der Waals surface area contributed by atoms with Gasteiger partial charge in [0.2, 0.25) is 17.7 Å². The van der Waals surface area contributed by atoms with Gasteiger partial charge in [-0.2, -0.15) is 15.1 Å². The molecule has 0 unspecified atom stereocenters. The van der Waals surface area contributed by atoms with Gasteiger partial charge in [0.1, 0.15) is 5.65 Å². The van der Waals surface area contributed by atoms with Gasteiger partial charge in [-0.15, -0.1) is 0 Å². The number of amides is 1. The van der Waals surface area contributed by atoms with Crippen LogP contribution in [0.5, 0.6) is 5.88 Å². The van der Waals surface area contributed by atoms with Crippen LogP contribution in [-0.4, -0.2) is 61.6 Å². The smallest absolute Gasteiger partial charge is 0.228 e. The van der Waals surface area contributed by atoms with E-state index in [1.165, 1.54) is 0 Å². The average Bonchev–Trinajstić information content (AvgIpc) is 3.44. The van der Waals surface area contributed by atoms with E-state index in [1.807, 2.05) is 33.9 Å². The Kier molecular flexibility index (Phi) is 4.53. The number of hydrogen-bond donors (Lipinski definition) is 2. The summed E-state index contributed by atoms with van der Waals surface area (Å²) in [5, 5.41) is 8.66. The number of hydrogen-bond acceptors (Lipinski definition) is 6. The highest BCUT2D eigenvalue weighted by Crippen LogP contribution is 2.44. The largest absolute Gasteiger partial charge is 0.480 e. The Morgan fingerprint density at radius 1 is 1.24 bits per heavy atom. The molecule has 5 heterocycles. The lowest BCUT2D eigenvalue weighted by Gasteiger charge is -2.53. The number of carbonyl (C=O) groups is 1. The molecule has 9 heteroatoms. The second-order valence-corrected chi connectivity index (χ2v) is 9.39. The molecule has 2 N–H and O–H groups in total. The van der Waals surface area contributed by atoms with E-state index >= 15 is 0 Å². The molecule has 0 aromatic carbocycles. The molecule has 0 atom stereocenters. The van der Waals surface area contributed by atoms with E-state index in [0.717, 1.165) is 66.4 Å². The molecule has 1 saturated heterocycles. The number of nitrogens with zero attached hydrogens (tertiary/aromatic N) is 5. The maximum atomic E-state index is 11.5. The number of fused-ring (bicyclic) bond motifs is 2. The fourth-order valence-electron chi connectivity index (χ4n) is 5.39. The minimum Gasteiger partial charge on any atom is -0.480 e. The Bertz CT molecular complexity index is 1340. The van der Waals surface area contributed by atoms with Crippen LogP contribution in [0.3, 0.4) is 0 Å². The zero-order valence-electron chi connectivity index (χ0n) is 18.8. The van der Waals surface area contributed by atoms with Gasteiger partial charge in [0.15, 0.2) is 0 Å². The van der Waals surface area contributed by atoms with Crippen molar-refractivity contribution in [3.63, 3.8) is 0 Å². The first kappa shape index (κ1) is 20.0. The summed E-state index contributed by atoms with van der Waals surface area (Å²) in [5.74, 6) is 1.32. The van der Waals surface area contributed by atoms with Crippen molar-refractivity contribution in [3.8, 4) is 17.0 Å². The predicted octanol–water partition coefficient (Wildman–Crippen LogP) is 3.48. The fraction of sp³-hybridized carbons (Fsp3) is 0.417. The number of H-pyrrole nitrogens is 1. The van der Waals surface area contributed by atoms with Crippen LogP contribution in [0.15, 0.2) is 36.8 Å². The first-order valence-corrected chi connectivity index (χ1v) is 11.4. The second kappa shape index (κ2) is 7.47. The molecule has 9 nitrogen and oxygen atoms in total. The third-order valence-corrected chi connectivity index (χ3v) is 7.28. The molecule has 170 valence electrons. The maximum absolute atomic E-state index is 11.5. The van der Waals surface area contributed by atoms with Crippen molar-refractivity contribution in [1.29, 1.82) is 0 Å². The standard InChI is InChI=1S/C24H27N7O2/c1-15(32)30-13-24(14-30)7-3-17(4-8-24)27-23-28-21-20(22(29-23)33-2)19(12-25-21)16-6-10-31-18(11-16)5-9-26-31/h5-6,9-12,17H,3-4,7-8,13-14H2,1-2H3,(H2,25,27,28,29). The highest BCUT2D eigenvalue weighted by atomic mass is 16.5. The monoisotopic (exact) mass is 445 g/mol. The van der Waals surface area contributed by atoms with Crippen LogP contribution in [0.25, 0.3) is 27.7 Å². The van der Waals surface area contributed by atoms with Crippen molar-refractivity contribution < 1.29 is 9.53 Å². The van der Waals surface area contributed by atoms with E-state index in [1.54, 1.807) is 20.2 Å². The second-order valence-electron chi connectivity index (χ2n) is 9.39. The van der Waals surface area contributed by atoms with Crippen LogP contribution in [0.4, 0.5) is 5.95 Å². The third kappa shape index (κ3) is 3.39. The van der Waals surface area contributed by atoms with Gasteiger partial charge >= 0.3 is 0 Å². The Labute approximate surface area is 191 Å². The van der Waals surface area contributed by atoms with Gasteiger partial charge in [-0.05, 0) is 49.4 Å². The van der Waals surface area contributed by atoms with Gasteiger partial charge in [0, 0.05) is 55.6 Å². The van der Waals surface area contributed by atoms with Crippen molar-refractivity contribution in [1.82, 2.24) is 29.5 Å². The lowest BCUT2D eigenvalue weighted by Crippen LogP contribution is -2.59. The number of aromatic amines is 1. The summed E-state index contributed by atoms with van der Waals surface area (Å²) < 4.78 is 7.51. The summed E-state index contributed by atoms with van der Waals surface area (Å²) in [4.78, 5) is 26.2. The molecule has 0 bridgehead atoms. The van der Waals surface area contributed by atoms with Crippen LogP contribution in [0.2, 0.25) is 0 Å². The van der Waals surface area contributed by atoms with Gasteiger partial charge in [0.25, 0.3) is 0 Å². The molecule has 4 aromatic rings. The van der Waals surface area contributed by atoms with Crippen molar-refractivity contribution in [2.45, 2.75) is 38.6 Å². The lowest BCUT2D eigenvalue weighted by molar-refractivity contribution is -0.143. The fourth-order valence-corrected chi connectivity index (χ4v) is 5.39. The van der Waals surface area contributed by atoms with E-state index < -0.39 is 0 Å². The van der Waals surface area contributed by atoms with Crippen LogP contribution < -0.4 is 10.1 Å². The van der Waals surface area contributed by atoms with E-state index in [9.17, 15) is 4.79 Å². The number of methoxy groups -OCH3 is 1. The topological polar surface area (TPSA) is 100 Å². The van der Waals surface area contributed by atoms with Crippen LogP contribution in [-0.2, 0) is 4.79 Å². The van der Waals surface area contributed by atoms with Crippen molar-refractivity contribution in [2.75, 3.05) is 25.5 Å². The highest BCUT2D eigenvalue weighted by molar-refractivity contribution is 5.98. The number of nitrogens with one attached hydrogen (secondary N) is 2. The Balaban J connectivity index is 1.22. The number of ether oxygens (including phenoxy) is 1. The van der Waals surface area contributed by atoms with Gasteiger partial charge in [-0.25, -0.2) is 4.52 Å². The zero-order valence-corrected chi connectivity index (χ0v) is 18.8. The molecule has 1 aliphatic carbocycles. The van der Waals surface area contributed by atoms with Crippen LogP contribution in [0.1, 0.15) is 32.6 Å². The molecule has 6 rings (SSSR count). The molecule has 2 fully saturated rings. The third-order valence-electron chi connectivity index (χ3n) is 7.28. The maximum Gasteiger partial charge on any atom is 0.228 e. The van der Waals surface area contributed by atoms with Gasteiger partial charge < -0.3 is 19.9 Å². The molecule has 1 saturated carbocycles. The van der Waals surface area contributed by atoms with Gasteiger partial charge in [-0.1, -0.05) is 0 Å². The Morgan fingerprint density at radius 2 is 2.06 bits per heavy atom. The summed E-state index contributed by atoms with van der Waals surface area (Å²) in [6.07, 6.45) is 10.0. The van der Waals surface area contributed by atoms with Crippen LogP contribution >= 0.6 is 0 Å². The van der Waals surface area contributed by atoms with Crippen molar-refractivity contribution in [3.05, 3.63) is 36.8 Å². The Hall–Kier alpha value is -3.62. The first-order chi connectivity index (χ1) is 16.0. The van der Waals surface area contributed by atoms with Crippen molar-refractivity contribution >= 4 is 28.4 Å². The van der Waals surface area contributed by atoms with E-state index in [0.29, 0.717) is 23.3 Å². The molecular formula is C24H27N7O2. The number of carbonyl (C=O) groups excluding carboxylic acids is 1. The molecular weight excluding hydrogens is 418 g/mol. The molecule has 4 aromatic heterocycles. The SMILES string of the molecule is COc1nc(NC2CCC3(CC2)CN(C(C)=O)C3)nc2[nH]cc(-c3ccn4nccc4c3)c12. The molecule has 2 aliphatic rings. The number of pyridine rings is 1. The summed E-state index contributed by atoms with van der Waals surface area (Å²) in [7, 11) is 1.64. The summed E-state index contributed by atoms with van der Waals surface area (Å²) in [5.41, 5.74) is 4.13. The zero-order chi connectivity index (χ0) is 22.6. The predicted molar refractivity (Wildman–Crippen MR) is 125 cm³/mol. The highest BCUT2D eigenvalue weighted by Gasteiger charge is 2.46.